The quantitative estimate of drug-likeness (QED) is 0.670. The lowest BCUT2D eigenvalue weighted by Crippen LogP contribution is -2.22. The number of aliphatic imine (C=N–C) groups is 1. The predicted octanol–water partition coefficient (Wildman–Crippen LogP) is 4.13. The first-order chi connectivity index (χ1) is 13.1. The monoisotopic (exact) mass is 369 g/mol. The summed E-state index contributed by atoms with van der Waals surface area (Å²) in [4.78, 5) is 20.2. The number of H-pyrrole nitrogens is 1. The second-order valence-electron chi connectivity index (χ2n) is 6.70. The number of aliphatic hydroxyl groups is 1. The lowest BCUT2D eigenvalue weighted by Gasteiger charge is -2.20. The molecule has 0 fully saturated rings. The van der Waals surface area contributed by atoms with Crippen LogP contribution in [0.4, 0.5) is 15.8 Å². The van der Waals surface area contributed by atoms with E-state index in [0.29, 0.717) is 29.8 Å². The Morgan fingerprint density at radius 1 is 1.44 bits per heavy atom. The zero-order valence-electron chi connectivity index (χ0n) is 15.6. The first-order valence-electron chi connectivity index (χ1n) is 9.10. The molecule has 0 spiro atoms. The van der Waals surface area contributed by atoms with E-state index in [9.17, 15) is 14.3 Å². The molecule has 0 radical (unpaired) electrons. The summed E-state index contributed by atoms with van der Waals surface area (Å²) in [6.45, 7) is 2.00. The Bertz CT molecular complexity index is 899. The van der Waals surface area contributed by atoms with Crippen molar-refractivity contribution in [1.82, 2.24) is 4.98 Å². The van der Waals surface area contributed by atoms with Gasteiger partial charge in [-0.15, -0.1) is 0 Å². The maximum absolute atomic E-state index is 13.6. The number of Topliss-reactive ketones (excluding diaryl/α,β-unsaturated/α-hetero) is 1. The van der Waals surface area contributed by atoms with Crippen LogP contribution in [-0.4, -0.2) is 35.7 Å². The number of aliphatic hydroxyl groups excluding tert-OH is 1. The average molecular weight is 369 g/mol. The number of anilines is 2. The number of ketones is 1. The summed E-state index contributed by atoms with van der Waals surface area (Å²) in [5.74, 6) is -0.442. The molecule has 0 bridgehead atoms. The number of aromatic amines is 1. The van der Waals surface area contributed by atoms with Gasteiger partial charge in [0.1, 0.15) is 5.82 Å². The Balaban J connectivity index is 2.13. The highest BCUT2D eigenvalue weighted by Gasteiger charge is 2.31. The van der Waals surface area contributed by atoms with Crippen LogP contribution in [0.2, 0.25) is 0 Å². The average Bonchev–Trinajstić information content (AvgIpc) is 3.01. The van der Waals surface area contributed by atoms with Gasteiger partial charge in [0.2, 0.25) is 0 Å². The number of halogens is 1. The third kappa shape index (κ3) is 4.01. The van der Waals surface area contributed by atoms with Crippen molar-refractivity contribution in [3.05, 3.63) is 53.1 Å². The molecule has 0 aliphatic heterocycles. The molecular weight excluding hydrogens is 345 g/mol. The standard InChI is InChI=1S/C21H24FN3O2/c1-3-14(7-8-23-2)20-21(24-16-6-4-5-15(22)11-16)19-17(25-20)9-13(12-26)10-18(19)27/h4-8,11,13,24-26H,3,9-10,12H2,1-2H3/b14-7+,23-8-. The number of hydrogen-bond donors (Lipinski definition) is 3. The van der Waals surface area contributed by atoms with E-state index in [2.05, 4.69) is 15.3 Å². The van der Waals surface area contributed by atoms with Gasteiger partial charge in [0.05, 0.1) is 16.9 Å². The van der Waals surface area contributed by atoms with Crippen LogP contribution >= 0.6 is 0 Å². The van der Waals surface area contributed by atoms with E-state index in [-0.39, 0.29) is 24.1 Å². The number of rotatable bonds is 6. The number of allylic oxidation sites excluding steroid dienone is 2. The SMILES string of the molecule is CC/C(=C\C=N/C)c1[nH]c2c(c1Nc1cccc(F)c1)C(=O)CC(CO)C2. The largest absolute Gasteiger partial charge is 0.396 e. The zero-order valence-corrected chi connectivity index (χ0v) is 15.6. The van der Waals surface area contributed by atoms with Crippen molar-refractivity contribution in [3.8, 4) is 0 Å². The topological polar surface area (TPSA) is 77.5 Å². The molecule has 1 atom stereocenters. The number of nitrogens with zero attached hydrogens (tertiary/aromatic N) is 1. The minimum absolute atomic E-state index is 0.0173. The lowest BCUT2D eigenvalue weighted by atomic mass is 9.86. The van der Waals surface area contributed by atoms with Crippen LogP contribution in [0.1, 0.15) is 41.5 Å². The van der Waals surface area contributed by atoms with Crippen molar-refractivity contribution in [1.29, 1.82) is 0 Å². The molecule has 3 N–H and O–H groups in total. The molecule has 0 saturated heterocycles. The van der Waals surface area contributed by atoms with Crippen LogP contribution in [0.3, 0.4) is 0 Å². The van der Waals surface area contributed by atoms with Crippen LogP contribution in [0.25, 0.3) is 5.57 Å². The molecule has 1 aliphatic rings. The van der Waals surface area contributed by atoms with Gasteiger partial charge >= 0.3 is 0 Å². The van der Waals surface area contributed by atoms with Gasteiger partial charge in [-0.05, 0) is 48.6 Å². The van der Waals surface area contributed by atoms with Gasteiger partial charge in [-0.3, -0.25) is 9.79 Å². The lowest BCUT2D eigenvalue weighted by molar-refractivity contribution is 0.0919. The van der Waals surface area contributed by atoms with E-state index in [1.54, 1.807) is 25.4 Å². The zero-order chi connectivity index (χ0) is 19.4. The van der Waals surface area contributed by atoms with E-state index in [1.807, 2.05) is 13.0 Å². The maximum atomic E-state index is 13.6. The Labute approximate surface area is 158 Å². The van der Waals surface area contributed by atoms with Crippen LogP contribution in [0, 0.1) is 11.7 Å². The number of hydrogen-bond acceptors (Lipinski definition) is 4. The van der Waals surface area contributed by atoms with Gasteiger partial charge in [0.25, 0.3) is 0 Å². The van der Waals surface area contributed by atoms with E-state index in [1.165, 1.54) is 12.1 Å². The molecule has 27 heavy (non-hydrogen) atoms. The Hall–Kier alpha value is -2.73. The number of carbonyl (C=O) groups excluding carboxylic acids is 1. The second kappa shape index (κ2) is 8.31. The van der Waals surface area contributed by atoms with Crippen LogP contribution in [0.15, 0.2) is 35.3 Å². The smallest absolute Gasteiger partial charge is 0.167 e. The molecule has 1 aliphatic carbocycles. The minimum Gasteiger partial charge on any atom is -0.396 e. The maximum Gasteiger partial charge on any atom is 0.167 e. The summed E-state index contributed by atoms with van der Waals surface area (Å²) < 4.78 is 13.6. The first kappa shape index (κ1) is 19.0. The van der Waals surface area contributed by atoms with E-state index in [0.717, 1.165) is 23.4 Å². The van der Waals surface area contributed by atoms with Gasteiger partial charge in [-0.1, -0.05) is 13.0 Å². The van der Waals surface area contributed by atoms with Crippen molar-refractivity contribution in [2.75, 3.05) is 19.0 Å². The van der Waals surface area contributed by atoms with Crippen molar-refractivity contribution < 1.29 is 14.3 Å². The van der Waals surface area contributed by atoms with Crippen LogP contribution in [-0.2, 0) is 6.42 Å². The van der Waals surface area contributed by atoms with Crippen molar-refractivity contribution in [2.24, 2.45) is 10.9 Å². The summed E-state index contributed by atoms with van der Waals surface area (Å²) >= 11 is 0. The Morgan fingerprint density at radius 2 is 2.26 bits per heavy atom. The number of nitrogens with one attached hydrogen (secondary N) is 2. The molecule has 2 aromatic rings. The molecule has 1 aromatic heterocycles. The van der Waals surface area contributed by atoms with E-state index < -0.39 is 0 Å². The summed E-state index contributed by atoms with van der Waals surface area (Å²) in [6.07, 6.45) is 5.26. The molecule has 0 saturated carbocycles. The van der Waals surface area contributed by atoms with Crippen molar-refractivity contribution >= 4 is 28.9 Å². The first-order valence-corrected chi connectivity index (χ1v) is 9.10. The normalized spacial score (nSPS) is 17.4. The molecular formula is C21H24FN3O2. The summed E-state index contributed by atoms with van der Waals surface area (Å²) in [6, 6.07) is 6.17. The van der Waals surface area contributed by atoms with Gasteiger partial charge in [-0.2, -0.15) is 0 Å². The van der Waals surface area contributed by atoms with Gasteiger partial charge < -0.3 is 15.4 Å². The highest BCUT2D eigenvalue weighted by Crippen LogP contribution is 2.38. The molecule has 3 rings (SSSR count). The molecule has 1 unspecified atom stereocenters. The third-order valence-corrected chi connectivity index (χ3v) is 4.80. The van der Waals surface area contributed by atoms with Crippen molar-refractivity contribution in [2.45, 2.75) is 26.2 Å². The summed E-state index contributed by atoms with van der Waals surface area (Å²) in [7, 11) is 1.70. The highest BCUT2D eigenvalue weighted by atomic mass is 19.1. The predicted molar refractivity (Wildman–Crippen MR) is 106 cm³/mol. The number of aromatic nitrogens is 1. The van der Waals surface area contributed by atoms with Crippen LogP contribution in [0.5, 0.6) is 0 Å². The fourth-order valence-corrected chi connectivity index (χ4v) is 3.49. The second-order valence-corrected chi connectivity index (χ2v) is 6.70. The van der Waals surface area contributed by atoms with E-state index >= 15 is 0 Å². The molecule has 142 valence electrons. The van der Waals surface area contributed by atoms with Crippen LogP contribution < -0.4 is 5.32 Å². The number of carbonyl (C=O) groups is 1. The Kier molecular flexibility index (Phi) is 5.86. The molecule has 1 heterocycles. The minimum atomic E-state index is -0.345. The molecule has 5 nitrogen and oxygen atoms in total. The summed E-state index contributed by atoms with van der Waals surface area (Å²) in [5, 5.41) is 12.7. The fraction of sp³-hybridized carbons (Fsp3) is 0.333. The highest BCUT2D eigenvalue weighted by molar-refractivity contribution is 6.07. The van der Waals surface area contributed by atoms with Gasteiger partial charge in [-0.25, -0.2) is 4.39 Å². The molecule has 0 amide bonds. The molecule has 6 heteroatoms. The summed E-state index contributed by atoms with van der Waals surface area (Å²) in [5.41, 5.74) is 4.45. The number of fused-ring (bicyclic) bond motifs is 1. The van der Waals surface area contributed by atoms with Crippen molar-refractivity contribution in [3.63, 3.8) is 0 Å². The molecule has 1 aromatic carbocycles. The Morgan fingerprint density at radius 3 is 2.93 bits per heavy atom. The van der Waals surface area contributed by atoms with Gasteiger partial charge in [0, 0.05) is 37.7 Å². The number of benzene rings is 1. The van der Waals surface area contributed by atoms with Gasteiger partial charge in [0.15, 0.2) is 5.78 Å². The fourth-order valence-electron chi connectivity index (χ4n) is 3.49. The third-order valence-electron chi connectivity index (χ3n) is 4.80. The van der Waals surface area contributed by atoms with E-state index in [4.69, 9.17) is 0 Å².